The van der Waals surface area contributed by atoms with E-state index in [0.717, 1.165) is 64.2 Å². The number of unbranched alkanes of at least 4 members (excludes halogenated alkanes) is 17. The Labute approximate surface area is 378 Å². The lowest BCUT2D eigenvalue weighted by molar-refractivity contribution is -0.359. The molecule has 0 aromatic rings. The molecule has 2 heterocycles. The SMILES string of the molecule is CCCCCC/C=C\CCCCCCCC(=O)NC(COC1OC(CO)C(OC2OC(CO)C(O)C(O)C2O)C(O)C1O)C(O)/C=C/CC/C=C/CC/C=C/CCCCCCCC. The molecule has 2 fully saturated rings. The van der Waals surface area contributed by atoms with E-state index in [-0.39, 0.29) is 18.9 Å². The molecule has 9 N–H and O–H groups in total. The van der Waals surface area contributed by atoms with Gasteiger partial charge in [-0.1, -0.05) is 133 Å². The Morgan fingerprint density at radius 1 is 0.556 bits per heavy atom. The van der Waals surface area contributed by atoms with Crippen LogP contribution in [0.15, 0.2) is 48.6 Å². The van der Waals surface area contributed by atoms with Gasteiger partial charge in [0, 0.05) is 6.42 Å². The van der Waals surface area contributed by atoms with Crippen LogP contribution < -0.4 is 5.32 Å². The lowest BCUT2D eigenvalue weighted by atomic mass is 9.97. The Morgan fingerprint density at radius 3 is 1.57 bits per heavy atom. The van der Waals surface area contributed by atoms with Gasteiger partial charge < -0.3 is 65.1 Å². The fourth-order valence-electron chi connectivity index (χ4n) is 7.67. The molecule has 366 valence electrons. The molecule has 0 radical (unpaired) electrons. The Kier molecular flexibility index (Phi) is 32.7. The Balaban J connectivity index is 1.91. The van der Waals surface area contributed by atoms with Crippen molar-refractivity contribution in [1.82, 2.24) is 5.32 Å². The first-order valence-electron chi connectivity index (χ1n) is 24.4. The van der Waals surface area contributed by atoms with Gasteiger partial charge in [0.2, 0.25) is 5.91 Å². The molecule has 1 amide bonds. The van der Waals surface area contributed by atoms with E-state index in [1.807, 2.05) is 6.08 Å². The summed E-state index contributed by atoms with van der Waals surface area (Å²) in [5.41, 5.74) is 0. The molecule has 0 aromatic carbocycles. The molecule has 2 aliphatic heterocycles. The average Bonchev–Trinajstić information content (AvgIpc) is 3.28. The molecule has 14 nitrogen and oxygen atoms in total. The van der Waals surface area contributed by atoms with Crippen molar-refractivity contribution in [3.05, 3.63) is 48.6 Å². The maximum absolute atomic E-state index is 13.1. The summed E-state index contributed by atoms with van der Waals surface area (Å²) in [7, 11) is 0. The molecular formula is C49H87NO13. The quantitative estimate of drug-likeness (QED) is 0.0272. The van der Waals surface area contributed by atoms with Crippen molar-refractivity contribution in [3.63, 3.8) is 0 Å². The molecule has 0 saturated carbocycles. The van der Waals surface area contributed by atoms with Crippen molar-refractivity contribution in [2.45, 2.75) is 235 Å². The molecule has 2 saturated heterocycles. The van der Waals surface area contributed by atoms with Crippen LogP contribution in [0.1, 0.15) is 162 Å². The van der Waals surface area contributed by atoms with E-state index in [0.29, 0.717) is 12.8 Å². The number of carbonyl (C=O) groups is 1. The van der Waals surface area contributed by atoms with Crippen molar-refractivity contribution in [3.8, 4) is 0 Å². The predicted molar refractivity (Wildman–Crippen MR) is 244 cm³/mol. The number of rotatable bonds is 36. The number of amides is 1. The molecular weight excluding hydrogens is 811 g/mol. The standard InChI is InChI=1S/C49H87NO13/c1-3-5-7-9-11-13-15-17-18-19-21-22-24-26-28-30-32-38(53)37(50-41(54)33-31-29-27-25-23-20-16-14-12-10-8-6-4-2)36-60-48-46(59)44(57)47(40(35-52)62-48)63-49-45(58)43(56)42(55)39(34-51)61-49/h14,16-18,22,24,30,32,37-40,42-49,51-53,55-59H,3-13,15,19-21,23,25-29,31,33-36H2,1-2H3,(H,50,54)/b16-14-,18-17+,24-22+,32-30+. The van der Waals surface area contributed by atoms with E-state index in [1.54, 1.807) is 6.08 Å². The molecule has 14 heteroatoms. The summed E-state index contributed by atoms with van der Waals surface area (Å²) in [5.74, 6) is -0.266. The highest BCUT2D eigenvalue weighted by Gasteiger charge is 2.51. The first-order chi connectivity index (χ1) is 30.6. The largest absolute Gasteiger partial charge is 0.394 e. The number of nitrogens with one attached hydrogen (secondary N) is 1. The van der Waals surface area contributed by atoms with Crippen LogP contribution in [0, 0.1) is 0 Å². The smallest absolute Gasteiger partial charge is 0.220 e. The number of allylic oxidation sites excluding steroid dienone is 7. The molecule has 0 spiro atoms. The minimum absolute atomic E-state index is 0.258. The number of aliphatic hydroxyl groups is 8. The van der Waals surface area contributed by atoms with Crippen LogP contribution in [-0.2, 0) is 23.7 Å². The Hall–Kier alpha value is -2.05. The summed E-state index contributed by atoms with van der Waals surface area (Å²) in [6.45, 7) is 2.70. The maximum Gasteiger partial charge on any atom is 0.220 e. The predicted octanol–water partition coefficient (Wildman–Crippen LogP) is 5.71. The summed E-state index contributed by atoms with van der Waals surface area (Å²) in [5, 5.41) is 86.6. The molecule has 0 aromatic heterocycles. The minimum atomic E-state index is -1.79. The fraction of sp³-hybridized carbons (Fsp3) is 0.816. The highest BCUT2D eigenvalue weighted by molar-refractivity contribution is 5.76. The van der Waals surface area contributed by atoms with E-state index in [9.17, 15) is 45.6 Å². The van der Waals surface area contributed by atoms with Crippen molar-refractivity contribution >= 4 is 5.91 Å². The van der Waals surface area contributed by atoms with Crippen LogP contribution in [0.2, 0.25) is 0 Å². The third-order valence-electron chi connectivity index (χ3n) is 11.7. The van der Waals surface area contributed by atoms with Gasteiger partial charge in [0.25, 0.3) is 0 Å². The van der Waals surface area contributed by atoms with Gasteiger partial charge >= 0.3 is 0 Å². The monoisotopic (exact) mass is 898 g/mol. The van der Waals surface area contributed by atoms with Gasteiger partial charge in [-0.2, -0.15) is 0 Å². The van der Waals surface area contributed by atoms with E-state index < -0.39 is 86.8 Å². The van der Waals surface area contributed by atoms with Crippen molar-refractivity contribution in [1.29, 1.82) is 0 Å². The molecule has 2 aliphatic rings. The highest BCUT2D eigenvalue weighted by Crippen LogP contribution is 2.30. The van der Waals surface area contributed by atoms with E-state index >= 15 is 0 Å². The van der Waals surface area contributed by atoms with Crippen molar-refractivity contribution < 1.29 is 64.6 Å². The average molecular weight is 898 g/mol. The lowest BCUT2D eigenvalue weighted by Gasteiger charge is -2.46. The number of carbonyl (C=O) groups excluding carboxylic acids is 1. The molecule has 2 rings (SSSR count). The van der Waals surface area contributed by atoms with Crippen LogP contribution in [0.3, 0.4) is 0 Å². The maximum atomic E-state index is 13.1. The first kappa shape index (κ1) is 57.1. The van der Waals surface area contributed by atoms with Crippen LogP contribution in [0.5, 0.6) is 0 Å². The number of hydrogen-bond acceptors (Lipinski definition) is 13. The normalized spacial score (nSPS) is 27.9. The highest BCUT2D eigenvalue weighted by atomic mass is 16.7. The van der Waals surface area contributed by atoms with E-state index in [4.69, 9.17) is 18.9 Å². The topological polar surface area (TPSA) is 228 Å². The second kappa shape index (κ2) is 36.1. The third kappa shape index (κ3) is 23.8. The van der Waals surface area contributed by atoms with Crippen LogP contribution in [0.25, 0.3) is 0 Å². The van der Waals surface area contributed by atoms with Gasteiger partial charge in [-0.3, -0.25) is 4.79 Å². The number of aliphatic hydroxyl groups excluding tert-OH is 8. The number of ether oxygens (including phenoxy) is 4. The summed E-state index contributed by atoms with van der Waals surface area (Å²) in [6, 6.07) is -0.940. The zero-order valence-electron chi connectivity index (χ0n) is 38.6. The Morgan fingerprint density at radius 2 is 1.02 bits per heavy atom. The lowest BCUT2D eigenvalue weighted by Crippen LogP contribution is -2.65. The van der Waals surface area contributed by atoms with Gasteiger partial charge in [0.1, 0.15) is 48.8 Å². The fourth-order valence-corrected chi connectivity index (χ4v) is 7.67. The zero-order chi connectivity index (χ0) is 46.1. The summed E-state index contributed by atoms with van der Waals surface area (Å²) in [4.78, 5) is 13.1. The summed E-state index contributed by atoms with van der Waals surface area (Å²) in [6.07, 6.45) is 24.4. The third-order valence-corrected chi connectivity index (χ3v) is 11.7. The first-order valence-corrected chi connectivity index (χ1v) is 24.4. The van der Waals surface area contributed by atoms with E-state index in [1.165, 1.54) is 64.2 Å². The molecule has 12 unspecified atom stereocenters. The molecule has 0 aliphatic carbocycles. The zero-order valence-corrected chi connectivity index (χ0v) is 38.6. The van der Waals surface area contributed by atoms with E-state index in [2.05, 4.69) is 55.6 Å². The summed E-state index contributed by atoms with van der Waals surface area (Å²) >= 11 is 0. The van der Waals surface area contributed by atoms with Gasteiger partial charge in [0.05, 0.1) is 32.0 Å². The van der Waals surface area contributed by atoms with Gasteiger partial charge in [-0.25, -0.2) is 0 Å². The molecule has 0 bridgehead atoms. The van der Waals surface area contributed by atoms with Gasteiger partial charge in [-0.05, 0) is 70.6 Å². The van der Waals surface area contributed by atoms with Crippen LogP contribution >= 0.6 is 0 Å². The van der Waals surface area contributed by atoms with Crippen molar-refractivity contribution in [2.24, 2.45) is 0 Å². The van der Waals surface area contributed by atoms with Gasteiger partial charge in [0.15, 0.2) is 12.6 Å². The molecule has 63 heavy (non-hydrogen) atoms. The second-order valence-corrected chi connectivity index (χ2v) is 17.2. The minimum Gasteiger partial charge on any atom is -0.394 e. The van der Waals surface area contributed by atoms with Crippen molar-refractivity contribution in [2.75, 3.05) is 19.8 Å². The number of hydrogen-bond donors (Lipinski definition) is 9. The van der Waals surface area contributed by atoms with Gasteiger partial charge in [-0.15, -0.1) is 0 Å². The summed E-state index contributed by atoms with van der Waals surface area (Å²) < 4.78 is 22.6. The van der Waals surface area contributed by atoms with Crippen LogP contribution in [0.4, 0.5) is 0 Å². The molecule has 12 atom stereocenters. The second-order valence-electron chi connectivity index (χ2n) is 17.2. The Bertz CT molecular complexity index is 1250. The van der Waals surface area contributed by atoms with Crippen LogP contribution in [-0.4, -0.2) is 140 Å².